The topological polar surface area (TPSA) is 78.7 Å². The van der Waals surface area contributed by atoms with Crippen LogP contribution < -0.4 is 10.2 Å². The van der Waals surface area contributed by atoms with Gasteiger partial charge in [0.15, 0.2) is 5.58 Å². The van der Waals surface area contributed by atoms with Gasteiger partial charge in [0.1, 0.15) is 5.52 Å². The van der Waals surface area contributed by atoms with E-state index in [9.17, 15) is 9.59 Å². The summed E-state index contributed by atoms with van der Waals surface area (Å²) in [6.45, 7) is 1.06. The minimum atomic E-state index is -0.0675. The minimum Gasteiger partial charge on any atom is -0.436 e. The fourth-order valence-electron chi connectivity index (χ4n) is 4.75. The van der Waals surface area contributed by atoms with Crippen molar-refractivity contribution in [1.29, 1.82) is 0 Å². The Labute approximate surface area is 214 Å². The second-order valence-corrected chi connectivity index (χ2v) is 9.82. The molecule has 7 nitrogen and oxygen atoms in total. The average molecular weight is 493 g/mol. The second kappa shape index (κ2) is 12.7. The molecule has 4 rings (SSSR count). The van der Waals surface area contributed by atoms with Gasteiger partial charge in [0.05, 0.1) is 0 Å². The third kappa shape index (κ3) is 6.94. The van der Waals surface area contributed by atoms with E-state index in [-0.39, 0.29) is 31.2 Å². The maximum Gasteiger partial charge on any atom is 0.229 e. The van der Waals surface area contributed by atoms with Gasteiger partial charge in [-0.15, -0.1) is 0 Å². The monoisotopic (exact) mass is 492 g/mol. The highest BCUT2D eigenvalue weighted by Crippen LogP contribution is 2.30. The standard InChI is InChI=1S/C28H36N4O3.CH4/c1-31(2)18-8-4-5-11-26(33)29-22-15-12-21(19-22)28(34)32(3)23-16-13-20(14-17-23)27-30-24-9-6-7-10-25(24)35-27;/h6-7,9-10,13-14,16-17,21-22H,4-5,8,11-12,15,18-19H2,1-3H3,(H,29,33);1H4/t21-,22+;/m1./s1. The molecule has 1 aliphatic carbocycles. The van der Waals surface area contributed by atoms with E-state index in [1.165, 1.54) is 0 Å². The number of nitrogens with zero attached hydrogens (tertiary/aromatic N) is 3. The number of oxazole rings is 1. The molecule has 1 fully saturated rings. The first-order chi connectivity index (χ1) is 16.9. The number of para-hydroxylation sites is 2. The van der Waals surface area contributed by atoms with Gasteiger partial charge in [-0.25, -0.2) is 4.98 Å². The summed E-state index contributed by atoms with van der Waals surface area (Å²) in [5, 5.41) is 3.14. The van der Waals surface area contributed by atoms with Crippen molar-refractivity contribution < 1.29 is 14.0 Å². The van der Waals surface area contributed by atoms with Crippen molar-refractivity contribution in [3.63, 3.8) is 0 Å². The molecule has 194 valence electrons. The number of hydrogen-bond acceptors (Lipinski definition) is 5. The molecule has 0 spiro atoms. The molecular weight excluding hydrogens is 452 g/mol. The van der Waals surface area contributed by atoms with E-state index in [1.54, 1.807) is 4.90 Å². The van der Waals surface area contributed by atoms with E-state index in [2.05, 4.69) is 29.3 Å². The molecule has 2 amide bonds. The Bertz CT molecular complexity index is 1110. The van der Waals surface area contributed by atoms with Crippen molar-refractivity contribution in [2.24, 2.45) is 5.92 Å². The number of rotatable bonds is 10. The third-order valence-electron chi connectivity index (χ3n) is 6.78. The summed E-state index contributed by atoms with van der Waals surface area (Å²) in [5.41, 5.74) is 3.29. The summed E-state index contributed by atoms with van der Waals surface area (Å²) in [7, 11) is 5.95. The van der Waals surface area contributed by atoms with Crippen molar-refractivity contribution in [1.82, 2.24) is 15.2 Å². The lowest BCUT2D eigenvalue weighted by molar-refractivity contribution is -0.123. The van der Waals surface area contributed by atoms with Crippen LogP contribution in [0.4, 0.5) is 5.69 Å². The Balaban J connectivity index is 0.00000361. The SMILES string of the molecule is C.CN(C)CCCCCC(=O)N[C@H]1CC[C@@H](C(=O)N(C)c2ccc(-c3nc4ccccc4o3)cc2)C1. The number of nitrogens with one attached hydrogen (secondary N) is 1. The highest BCUT2D eigenvalue weighted by atomic mass is 16.3. The zero-order valence-electron chi connectivity index (χ0n) is 21.0. The van der Waals surface area contributed by atoms with Crippen molar-refractivity contribution in [2.75, 3.05) is 32.6 Å². The van der Waals surface area contributed by atoms with E-state index in [0.717, 1.165) is 61.0 Å². The lowest BCUT2D eigenvalue weighted by atomic mass is 10.1. The molecule has 1 aromatic heterocycles. The van der Waals surface area contributed by atoms with Crippen LogP contribution >= 0.6 is 0 Å². The summed E-state index contributed by atoms with van der Waals surface area (Å²) in [6.07, 6.45) is 6.02. The van der Waals surface area contributed by atoms with Crippen molar-refractivity contribution in [2.45, 2.75) is 58.4 Å². The van der Waals surface area contributed by atoms with Gasteiger partial charge in [0.25, 0.3) is 0 Å². The number of fused-ring (bicyclic) bond motifs is 1. The molecular formula is C29H40N4O3. The molecule has 1 saturated carbocycles. The van der Waals surface area contributed by atoms with Crippen LogP contribution in [-0.2, 0) is 9.59 Å². The van der Waals surface area contributed by atoms with E-state index in [1.807, 2.05) is 55.6 Å². The first-order valence-electron chi connectivity index (χ1n) is 12.6. The van der Waals surface area contributed by atoms with Crippen molar-refractivity contribution in [3.8, 4) is 11.5 Å². The summed E-state index contributed by atoms with van der Waals surface area (Å²) < 4.78 is 5.84. The Morgan fingerprint density at radius 2 is 1.75 bits per heavy atom. The molecule has 1 N–H and O–H groups in total. The number of amides is 2. The lowest BCUT2D eigenvalue weighted by Gasteiger charge is -2.21. The quantitative estimate of drug-likeness (QED) is 0.378. The summed E-state index contributed by atoms with van der Waals surface area (Å²) in [5.74, 6) is 0.706. The van der Waals surface area contributed by atoms with Crippen molar-refractivity contribution in [3.05, 3.63) is 48.5 Å². The van der Waals surface area contributed by atoms with E-state index in [0.29, 0.717) is 18.7 Å². The lowest BCUT2D eigenvalue weighted by Crippen LogP contribution is -2.35. The van der Waals surface area contributed by atoms with Crippen LogP contribution in [0.5, 0.6) is 0 Å². The fraction of sp³-hybridized carbons (Fsp3) is 0.483. The minimum absolute atomic E-state index is 0. The Kier molecular flexibility index (Phi) is 9.65. The molecule has 36 heavy (non-hydrogen) atoms. The maximum atomic E-state index is 13.1. The van der Waals surface area contributed by atoms with Gasteiger partial charge < -0.3 is 19.5 Å². The molecule has 7 heteroatoms. The predicted octanol–water partition coefficient (Wildman–Crippen LogP) is 5.50. The van der Waals surface area contributed by atoms with Crippen LogP contribution in [-0.4, -0.2) is 55.4 Å². The summed E-state index contributed by atoms with van der Waals surface area (Å²) in [6, 6.07) is 15.5. The van der Waals surface area contributed by atoms with Gasteiger partial charge in [-0.3, -0.25) is 9.59 Å². The highest BCUT2D eigenvalue weighted by Gasteiger charge is 2.32. The second-order valence-electron chi connectivity index (χ2n) is 9.82. The molecule has 3 aromatic rings. The first kappa shape index (κ1) is 27.4. The smallest absolute Gasteiger partial charge is 0.229 e. The molecule has 1 heterocycles. The van der Waals surface area contributed by atoms with Crippen LogP contribution in [0.15, 0.2) is 52.9 Å². The number of carbonyl (C=O) groups is 2. The number of hydrogen-bond donors (Lipinski definition) is 1. The predicted molar refractivity (Wildman–Crippen MR) is 146 cm³/mol. The Morgan fingerprint density at radius 1 is 1.00 bits per heavy atom. The van der Waals surface area contributed by atoms with E-state index < -0.39 is 0 Å². The molecule has 2 atom stereocenters. The van der Waals surface area contributed by atoms with Gasteiger partial charge in [-0.2, -0.15) is 0 Å². The highest BCUT2D eigenvalue weighted by molar-refractivity contribution is 5.95. The third-order valence-corrected chi connectivity index (χ3v) is 6.78. The van der Waals surface area contributed by atoms with E-state index >= 15 is 0 Å². The van der Waals surface area contributed by atoms with Gasteiger partial charge in [0.2, 0.25) is 17.7 Å². The van der Waals surface area contributed by atoms with Crippen LogP contribution in [0, 0.1) is 5.92 Å². The largest absolute Gasteiger partial charge is 0.436 e. The van der Waals surface area contributed by atoms with Gasteiger partial charge in [-0.1, -0.05) is 26.0 Å². The van der Waals surface area contributed by atoms with Gasteiger partial charge in [-0.05, 0) is 89.1 Å². The maximum absolute atomic E-state index is 13.1. The molecule has 0 radical (unpaired) electrons. The molecule has 2 aromatic carbocycles. The summed E-state index contributed by atoms with van der Waals surface area (Å²) in [4.78, 5) is 33.9. The molecule has 0 bridgehead atoms. The molecule has 1 aliphatic rings. The van der Waals surface area contributed by atoms with Gasteiger partial charge in [0, 0.05) is 36.7 Å². The number of unbranched alkanes of at least 4 members (excludes halogenated alkanes) is 2. The first-order valence-corrected chi connectivity index (χ1v) is 12.6. The Hall–Kier alpha value is -3.19. The van der Waals surface area contributed by atoms with Crippen molar-refractivity contribution >= 4 is 28.6 Å². The number of aromatic nitrogens is 1. The Morgan fingerprint density at radius 3 is 2.47 bits per heavy atom. The van der Waals surface area contributed by atoms with Crippen LogP contribution in [0.3, 0.4) is 0 Å². The van der Waals surface area contributed by atoms with Crippen LogP contribution in [0.1, 0.15) is 52.4 Å². The zero-order valence-corrected chi connectivity index (χ0v) is 21.0. The fourth-order valence-corrected chi connectivity index (χ4v) is 4.75. The molecule has 0 saturated heterocycles. The van der Waals surface area contributed by atoms with Crippen LogP contribution in [0.2, 0.25) is 0 Å². The average Bonchev–Trinajstić information content (AvgIpc) is 3.50. The molecule has 0 aliphatic heterocycles. The van der Waals surface area contributed by atoms with Gasteiger partial charge >= 0.3 is 0 Å². The number of carbonyl (C=O) groups excluding carboxylic acids is 2. The summed E-state index contributed by atoms with van der Waals surface area (Å²) >= 11 is 0. The number of anilines is 1. The molecule has 0 unspecified atom stereocenters. The zero-order chi connectivity index (χ0) is 24.8. The van der Waals surface area contributed by atoms with E-state index in [4.69, 9.17) is 4.42 Å². The van der Waals surface area contributed by atoms with Crippen LogP contribution in [0.25, 0.3) is 22.6 Å². The normalized spacial score (nSPS) is 17.2. The number of benzene rings is 2.